The normalized spacial score (nSPS) is 15.9. The first-order chi connectivity index (χ1) is 16.1. The molecule has 0 bridgehead atoms. The van der Waals surface area contributed by atoms with Crippen LogP contribution in [0.1, 0.15) is 12.8 Å². The lowest BCUT2D eigenvalue weighted by atomic mass is 9.96. The van der Waals surface area contributed by atoms with Gasteiger partial charge in [-0.25, -0.2) is 13.4 Å². The van der Waals surface area contributed by atoms with Crippen molar-refractivity contribution in [3.8, 4) is 5.75 Å². The highest BCUT2D eigenvalue weighted by molar-refractivity contribution is 7.89. The number of anilines is 2. The third kappa shape index (κ3) is 5.20. The molecule has 0 saturated carbocycles. The fraction of sp³-hybridized carbons (Fsp3) is 0.333. The van der Waals surface area contributed by atoms with Gasteiger partial charge in [-0.2, -0.15) is 9.29 Å². The lowest BCUT2D eigenvalue weighted by molar-refractivity contribution is -0.275. The van der Waals surface area contributed by atoms with Gasteiger partial charge in [0.05, 0.1) is 5.52 Å². The number of ether oxygens (including phenoxy) is 1. The molecule has 1 aromatic heterocycles. The van der Waals surface area contributed by atoms with Crippen molar-refractivity contribution < 1.29 is 26.3 Å². The quantitative estimate of drug-likeness (QED) is 0.512. The van der Waals surface area contributed by atoms with Gasteiger partial charge in [0.15, 0.2) is 0 Å². The van der Waals surface area contributed by atoms with Gasteiger partial charge in [0.2, 0.25) is 16.0 Å². The van der Waals surface area contributed by atoms with Crippen LogP contribution in [0, 0.1) is 0 Å². The zero-order valence-corrected chi connectivity index (χ0v) is 18.9. The van der Waals surface area contributed by atoms with Crippen molar-refractivity contribution in [3.05, 3.63) is 42.5 Å². The molecule has 0 unspecified atom stereocenters. The van der Waals surface area contributed by atoms with Crippen LogP contribution < -0.4 is 20.8 Å². The number of fused-ring (bicyclic) bond motifs is 1. The predicted octanol–water partition coefficient (Wildman–Crippen LogP) is 2.63. The van der Waals surface area contributed by atoms with E-state index in [-0.39, 0.29) is 24.6 Å². The van der Waals surface area contributed by atoms with E-state index in [2.05, 4.69) is 25.3 Å². The predicted molar refractivity (Wildman–Crippen MR) is 123 cm³/mol. The molecule has 1 fully saturated rings. The number of piperidine rings is 1. The molecule has 2 aromatic carbocycles. The molecule has 4 rings (SSSR count). The largest absolute Gasteiger partial charge is 0.573 e. The number of benzene rings is 2. The summed E-state index contributed by atoms with van der Waals surface area (Å²) in [5.74, 6) is 0.217. The molecule has 3 aromatic rings. The molecule has 0 amide bonds. The maximum absolute atomic E-state index is 13.1. The molecule has 0 spiro atoms. The second-order valence-corrected chi connectivity index (χ2v) is 9.65. The van der Waals surface area contributed by atoms with Crippen molar-refractivity contribution in [1.82, 2.24) is 14.3 Å². The van der Waals surface area contributed by atoms with Crippen LogP contribution in [0.2, 0.25) is 0 Å². The number of hydrogen-bond acceptors (Lipinski definition) is 7. The van der Waals surface area contributed by atoms with Gasteiger partial charge in [-0.05, 0) is 37.1 Å². The lowest BCUT2D eigenvalue weighted by Crippen LogP contribution is -2.42. The zero-order valence-electron chi connectivity index (χ0n) is 18.1. The van der Waals surface area contributed by atoms with Gasteiger partial charge in [-0.3, -0.25) is 0 Å². The molecule has 0 aliphatic carbocycles. The molecule has 2 N–H and O–H groups in total. The van der Waals surface area contributed by atoms with Crippen LogP contribution in [0.15, 0.2) is 47.4 Å². The summed E-state index contributed by atoms with van der Waals surface area (Å²) >= 11 is 0. The fourth-order valence-corrected chi connectivity index (χ4v) is 5.40. The molecular formula is C21H21BF3N5O3S. The summed E-state index contributed by atoms with van der Waals surface area (Å²) in [5, 5.41) is 7.15. The summed E-state index contributed by atoms with van der Waals surface area (Å²) in [5.41, 5.74) is 0.710. The van der Waals surface area contributed by atoms with Crippen molar-refractivity contribution in [2.24, 2.45) is 0 Å². The molecule has 1 aliphatic rings. The Morgan fingerprint density at radius 1 is 1.12 bits per heavy atom. The topological polar surface area (TPSA) is 96.5 Å². The number of nitrogens with one attached hydrogen (secondary N) is 2. The molecule has 1 aliphatic heterocycles. The van der Waals surface area contributed by atoms with Crippen LogP contribution in [0.3, 0.4) is 0 Å². The van der Waals surface area contributed by atoms with E-state index < -0.39 is 27.0 Å². The molecule has 0 atom stereocenters. The molecule has 1 saturated heterocycles. The molecule has 178 valence electrons. The Hall–Kier alpha value is -3.06. The fourth-order valence-electron chi connectivity index (χ4n) is 3.84. The molecule has 2 radical (unpaired) electrons. The number of halogens is 3. The molecule has 8 nitrogen and oxygen atoms in total. The average Bonchev–Trinajstić information content (AvgIpc) is 2.77. The van der Waals surface area contributed by atoms with Gasteiger partial charge in [0.1, 0.15) is 24.3 Å². The highest BCUT2D eigenvalue weighted by Crippen LogP contribution is 2.32. The Bertz CT molecular complexity index is 1300. The summed E-state index contributed by atoms with van der Waals surface area (Å²) in [7, 11) is 3.06. The maximum Gasteiger partial charge on any atom is 0.573 e. The SMILES string of the molecule is [B]c1ccc(S(=O)(=O)N2CCC(Nc3nc(NC)c4ccccc4n3)CC2)c(OC(F)(F)F)c1. The van der Waals surface area contributed by atoms with Crippen molar-refractivity contribution >= 4 is 46.0 Å². The van der Waals surface area contributed by atoms with Gasteiger partial charge in [-0.15, -0.1) is 13.2 Å². The van der Waals surface area contributed by atoms with E-state index in [9.17, 15) is 21.6 Å². The van der Waals surface area contributed by atoms with E-state index in [1.165, 1.54) is 6.07 Å². The monoisotopic (exact) mass is 491 g/mol. The number of rotatable bonds is 6. The summed E-state index contributed by atoms with van der Waals surface area (Å²) in [4.78, 5) is 8.42. The maximum atomic E-state index is 13.1. The number of para-hydroxylation sites is 1. The Morgan fingerprint density at radius 3 is 2.50 bits per heavy atom. The first kappa shape index (κ1) is 24.1. The van der Waals surface area contributed by atoms with Crippen molar-refractivity contribution in [2.75, 3.05) is 30.8 Å². The Kier molecular flexibility index (Phi) is 6.59. The van der Waals surface area contributed by atoms with Crippen LogP contribution in [0.4, 0.5) is 24.9 Å². The van der Waals surface area contributed by atoms with Gasteiger partial charge in [-0.1, -0.05) is 23.7 Å². The Balaban J connectivity index is 1.49. The second-order valence-electron chi connectivity index (χ2n) is 7.74. The summed E-state index contributed by atoms with van der Waals surface area (Å²) in [6, 6.07) is 10.5. The first-order valence-corrected chi connectivity index (χ1v) is 11.9. The third-order valence-corrected chi connectivity index (χ3v) is 7.38. The molecule has 13 heteroatoms. The van der Waals surface area contributed by atoms with E-state index in [4.69, 9.17) is 7.85 Å². The minimum atomic E-state index is -5.05. The molecule has 2 heterocycles. The summed E-state index contributed by atoms with van der Waals surface area (Å²) in [6.45, 7) is 0.199. The molecular weight excluding hydrogens is 470 g/mol. The van der Waals surface area contributed by atoms with Gasteiger partial charge >= 0.3 is 6.36 Å². The first-order valence-electron chi connectivity index (χ1n) is 10.4. The minimum Gasteiger partial charge on any atom is -0.404 e. The van der Waals surface area contributed by atoms with E-state index in [0.29, 0.717) is 24.6 Å². The van der Waals surface area contributed by atoms with Crippen LogP contribution in [0.25, 0.3) is 10.9 Å². The van der Waals surface area contributed by atoms with Crippen LogP contribution in [-0.2, 0) is 10.0 Å². The van der Waals surface area contributed by atoms with Crippen molar-refractivity contribution in [1.29, 1.82) is 0 Å². The number of alkyl halides is 3. The van der Waals surface area contributed by atoms with Crippen LogP contribution in [-0.4, -0.2) is 63.1 Å². The Labute approximate surface area is 196 Å². The Morgan fingerprint density at radius 2 is 1.82 bits per heavy atom. The van der Waals surface area contributed by atoms with E-state index in [0.717, 1.165) is 27.3 Å². The zero-order chi connectivity index (χ0) is 24.5. The summed E-state index contributed by atoms with van der Waals surface area (Å²) < 4.78 is 69.6. The van der Waals surface area contributed by atoms with Crippen molar-refractivity contribution in [2.45, 2.75) is 30.1 Å². The van der Waals surface area contributed by atoms with E-state index >= 15 is 0 Å². The van der Waals surface area contributed by atoms with E-state index in [1.54, 1.807) is 7.05 Å². The number of sulfonamides is 1. The summed E-state index contributed by atoms with van der Waals surface area (Å²) in [6.07, 6.45) is -4.23. The minimum absolute atomic E-state index is 0.0440. The smallest absolute Gasteiger partial charge is 0.404 e. The molecule has 34 heavy (non-hydrogen) atoms. The standard InChI is InChI=1S/C21H21BF3N5O3S/c1-26-19-15-4-2-3-5-16(15)28-20(29-19)27-14-8-10-30(11-9-14)34(31,32)18-7-6-13(22)12-17(18)33-21(23,24)25/h2-7,12,14H,8-11H2,1H3,(H2,26,27,28,29). The van der Waals surface area contributed by atoms with Gasteiger partial charge in [0, 0.05) is 31.6 Å². The average molecular weight is 491 g/mol. The lowest BCUT2D eigenvalue weighted by Gasteiger charge is -2.32. The number of hydrogen-bond donors (Lipinski definition) is 2. The number of aromatic nitrogens is 2. The highest BCUT2D eigenvalue weighted by Gasteiger charge is 2.37. The van der Waals surface area contributed by atoms with Gasteiger partial charge in [0.25, 0.3) is 0 Å². The number of nitrogens with zero attached hydrogens (tertiary/aromatic N) is 3. The highest BCUT2D eigenvalue weighted by atomic mass is 32.2. The van der Waals surface area contributed by atoms with Gasteiger partial charge < -0.3 is 15.4 Å². The third-order valence-electron chi connectivity index (χ3n) is 5.44. The van der Waals surface area contributed by atoms with E-state index in [1.807, 2.05) is 24.3 Å². The second kappa shape index (κ2) is 9.30. The van der Waals surface area contributed by atoms with Crippen LogP contribution in [0.5, 0.6) is 5.75 Å². The van der Waals surface area contributed by atoms with Crippen LogP contribution >= 0.6 is 0 Å². The van der Waals surface area contributed by atoms with Crippen molar-refractivity contribution in [3.63, 3.8) is 0 Å².